The molecule has 0 atom stereocenters. The van der Waals surface area contributed by atoms with Crippen molar-refractivity contribution in [3.8, 4) is 0 Å². The Kier molecular flexibility index (Phi) is 4.95. The highest BCUT2D eigenvalue weighted by molar-refractivity contribution is 5.80. The molecule has 0 radical (unpaired) electrons. The van der Waals surface area contributed by atoms with Gasteiger partial charge in [0.2, 0.25) is 5.91 Å². The number of rotatable bonds is 6. The zero-order valence-corrected chi connectivity index (χ0v) is 12.7. The van der Waals surface area contributed by atoms with Crippen molar-refractivity contribution in [1.29, 1.82) is 0 Å². The van der Waals surface area contributed by atoms with E-state index in [0.29, 0.717) is 4.90 Å². The number of hydrogen-bond acceptors (Lipinski definition) is 5. The smallest absolute Gasteiger partial charge is 0.407 e. The number of amides is 1. The second kappa shape index (κ2) is 6.79. The highest BCUT2D eigenvalue weighted by Gasteiger charge is 2.32. The maximum Gasteiger partial charge on any atom is 0.420 e. The molecule has 0 unspecified atom stereocenters. The number of aromatic nitrogens is 1. The molecule has 11 heteroatoms. The first-order valence-corrected chi connectivity index (χ1v) is 6.85. The standard InChI is InChI=1S/C14H12F3N3O5/c1-2-5-18(8-14(15,16)17)12(21)7-19-10-4-3-9(20(23)24)6-11(10)25-13(19)22/h2-4,6H,1,5,7-8H2. The number of benzene rings is 1. The zero-order chi connectivity index (χ0) is 18.8. The molecule has 2 aromatic rings. The van der Waals surface area contributed by atoms with E-state index in [9.17, 15) is 32.9 Å². The molecule has 25 heavy (non-hydrogen) atoms. The molecule has 0 saturated carbocycles. The summed E-state index contributed by atoms with van der Waals surface area (Å²) in [5.74, 6) is -1.98. The van der Waals surface area contributed by atoms with E-state index in [1.165, 1.54) is 6.07 Å². The van der Waals surface area contributed by atoms with Crippen LogP contribution in [0.25, 0.3) is 11.1 Å². The molecule has 0 bridgehead atoms. The van der Waals surface area contributed by atoms with Crippen LogP contribution in [0.1, 0.15) is 0 Å². The summed E-state index contributed by atoms with van der Waals surface area (Å²) in [5, 5.41) is 10.7. The van der Waals surface area contributed by atoms with Crippen LogP contribution in [0.4, 0.5) is 18.9 Å². The van der Waals surface area contributed by atoms with E-state index in [1.807, 2.05) is 0 Å². The van der Waals surface area contributed by atoms with E-state index in [-0.39, 0.29) is 23.3 Å². The van der Waals surface area contributed by atoms with Gasteiger partial charge < -0.3 is 9.32 Å². The summed E-state index contributed by atoms with van der Waals surface area (Å²) in [6, 6.07) is 3.28. The van der Waals surface area contributed by atoms with E-state index >= 15 is 0 Å². The number of nitro groups is 1. The molecule has 0 aliphatic carbocycles. The molecular formula is C14H12F3N3O5. The Labute approximate surface area is 137 Å². The minimum absolute atomic E-state index is 0.0644. The molecule has 0 spiro atoms. The van der Waals surface area contributed by atoms with Crippen LogP contribution in [-0.4, -0.2) is 39.6 Å². The highest BCUT2D eigenvalue weighted by Crippen LogP contribution is 2.21. The van der Waals surface area contributed by atoms with Gasteiger partial charge in [0.1, 0.15) is 13.1 Å². The molecule has 0 aliphatic rings. The molecule has 8 nitrogen and oxygen atoms in total. The van der Waals surface area contributed by atoms with Gasteiger partial charge in [0, 0.05) is 12.6 Å². The highest BCUT2D eigenvalue weighted by atomic mass is 19.4. The molecule has 0 N–H and O–H groups in total. The lowest BCUT2D eigenvalue weighted by Crippen LogP contribution is -2.41. The van der Waals surface area contributed by atoms with Gasteiger partial charge in [-0.05, 0) is 6.07 Å². The van der Waals surface area contributed by atoms with Crippen LogP contribution < -0.4 is 5.76 Å². The van der Waals surface area contributed by atoms with Crippen LogP contribution >= 0.6 is 0 Å². The van der Waals surface area contributed by atoms with Crippen molar-refractivity contribution in [2.24, 2.45) is 0 Å². The maximum atomic E-state index is 12.5. The molecule has 134 valence electrons. The number of halogens is 3. The van der Waals surface area contributed by atoms with Crippen molar-refractivity contribution in [3.63, 3.8) is 0 Å². The summed E-state index contributed by atoms with van der Waals surface area (Å²) in [4.78, 5) is 34.5. The lowest BCUT2D eigenvalue weighted by Gasteiger charge is -2.22. The third-order valence-corrected chi connectivity index (χ3v) is 3.23. The zero-order valence-electron chi connectivity index (χ0n) is 12.7. The number of nitrogens with zero attached hydrogens (tertiary/aromatic N) is 3. The van der Waals surface area contributed by atoms with Gasteiger partial charge in [-0.15, -0.1) is 6.58 Å². The van der Waals surface area contributed by atoms with Gasteiger partial charge in [-0.2, -0.15) is 13.2 Å². The number of nitro benzene ring substituents is 1. The molecule has 0 fully saturated rings. The number of carbonyl (C=O) groups excluding carboxylic acids is 1. The van der Waals surface area contributed by atoms with Crippen LogP contribution in [-0.2, 0) is 11.3 Å². The summed E-state index contributed by atoms with van der Waals surface area (Å²) >= 11 is 0. The number of alkyl halides is 3. The maximum absolute atomic E-state index is 12.5. The second-order valence-corrected chi connectivity index (χ2v) is 5.04. The Morgan fingerprint density at radius 2 is 2.12 bits per heavy atom. The normalized spacial score (nSPS) is 11.5. The van der Waals surface area contributed by atoms with Crippen LogP contribution in [0.15, 0.2) is 40.1 Å². The predicted molar refractivity (Wildman–Crippen MR) is 80.0 cm³/mol. The average Bonchev–Trinajstić information content (AvgIpc) is 2.80. The van der Waals surface area contributed by atoms with Crippen molar-refractivity contribution in [1.82, 2.24) is 9.47 Å². The van der Waals surface area contributed by atoms with Crippen molar-refractivity contribution < 1.29 is 27.3 Å². The van der Waals surface area contributed by atoms with Crippen LogP contribution in [0.5, 0.6) is 0 Å². The molecule has 1 aromatic carbocycles. The Morgan fingerprint density at radius 1 is 1.44 bits per heavy atom. The molecule has 0 aliphatic heterocycles. The Balaban J connectivity index is 2.33. The topological polar surface area (TPSA) is 98.6 Å². The van der Waals surface area contributed by atoms with Gasteiger partial charge >= 0.3 is 11.9 Å². The summed E-state index contributed by atoms with van der Waals surface area (Å²) in [6.07, 6.45) is -3.48. The predicted octanol–water partition coefficient (Wildman–Crippen LogP) is 2.08. The third kappa shape index (κ3) is 4.25. The van der Waals surface area contributed by atoms with E-state index in [1.54, 1.807) is 0 Å². The Hall–Kier alpha value is -3.11. The minimum Gasteiger partial charge on any atom is -0.407 e. The Bertz CT molecular complexity index is 884. The van der Waals surface area contributed by atoms with Crippen LogP contribution in [0, 0.1) is 10.1 Å². The lowest BCUT2D eigenvalue weighted by molar-refractivity contribution is -0.384. The van der Waals surface area contributed by atoms with E-state index in [0.717, 1.165) is 22.8 Å². The van der Waals surface area contributed by atoms with Crippen LogP contribution in [0.3, 0.4) is 0 Å². The quantitative estimate of drug-likeness (QED) is 0.447. The SMILES string of the molecule is C=CCN(CC(F)(F)F)C(=O)Cn1c(=O)oc2cc([N+](=O)[O-])ccc21. The molecule has 0 saturated heterocycles. The van der Waals surface area contributed by atoms with Crippen molar-refractivity contribution in [3.05, 3.63) is 51.5 Å². The molecule has 1 heterocycles. The number of oxazole rings is 1. The largest absolute Gasteiger partial charge is 0.420 e. The number of hydrogen-bond donors (Lipinski definition) is 0. The Morgan fingerprint density at radius 3 is 2.68 bits per heavy atom. The summed E-state index contributed by atoms with van der Waals surface area (Å²) < 4.78 is 43.3. The minimum atomic E-state index is -4.61. The van der Waals surface area contributed by atoms with E-state index < -0.39 is 35.9 Å². The fourth-order valence-electron chi connectivity index (χ4n) is 2.18. The monoisotopic (exact) mass is 359 g/mol. The molecule has 2 rings (SSSR count). The van der Waals surface area contributed by atoms with Gasteiger partial charge in [-0.25, -0.2) is 4.79 Å². The van der Waals surface area contributed by atoms with Crippen molar-refractivity contribution in [2.75, 3.05) is 13.1 Å². The summed E-state index contributed by atoms with van der Waals surface area (Å²) in [5.41, 5.74) is -0.405. The molecule has 1 amide bonds. The van der Waals surface area contributed by atoms with Crippen molar-refractivity contribution in [2.45, 2.75) is 12.7 Å². The average molecular weight is 359 g/mol. The first-order chi connectivity index (χ1) is 11.6. The van der Waals surface area contributed by atoms with Gasteiger partial charge in [0.15, 0.2) is 5.58 Å². The lowest BCUT2D eigenvalue weighted by atomic mass is 10.3. The molecular weight excluding hydrogens is 347 g/mol. The first kappa shape index (κ1) is 18.2. The van der Waals surface area contributed by atoms with E-state index in [4.69, 9.17) is 4.42 Å². The summed E-state index contributed by atoms with van der Waals surface area (Å²) in [7, 11) is 0. The fourth-order valence-corrected chi connectivity index (χ4v) is 2.18. The summed E-state index contributed by atoms with van der Waals surface area (Å²) in [6.45, 7) is 0.746. The molecule has 1 aromatic heterocycles. The number of non-ortho nitro benzene ring substituents is 1. The number of carbonyl (C=O) groups is 1. The number of fused-ring (bicyclic) bond motifs is 1. The second-order valence-electron chi connectivity index (χ2n) is 5.04. The van der Waals surface area contributed by atoms with E-state index in [2.05, 4.69) is 6.58 Å². The van der Waals surface area contributed by atoms with Crippen LogP contribution in [0.2, 0.25) is 0 Å². The van der Waals surface area contributed by atoms with Gasteiger partial charge in [-0.3, -0.25) is 19.5 Å². The third-order valence-electron chi connectivity index (χ3n) is 3.23. The fraction of sp³-hybridized carbons (Fsp3) is 0.286. The first-order valence-electron chi connectivity index (χ1n) is 6.85. The van der Waals surface area contributed by atoms with Gasteiger partial charge in [0.25, 0.3) is 5.69 Å². The van der Waals surface area contributed by atoms with Gasteiger partial charge in [0.05, 0.1) is 16.5 Å². The van der Waals surface area contributed by atoms with Gasteiger partial charge in [-0.1, -0.05) is 6.08 Å². The van der Waals surface area contributed by atoms with Crippen molar-refractivity contribution >= 4 is 22.7 Å².